The number of anilines is 1. The summed E-state index contributed by atoms with van der Waals surface area (Å²) in [6.07, 6.45) is 1.11. The molecule has 0 aliphatic rings. The Hall–Kier alpha value is -2.54. The molecule has 0 heterocycles. The summed E-state index contributed by atoms with van der Waals surface area (Å²) in [5, 5.41) is 2.76. The average molecular weight is 419 g/mol. The minimum Gasteiger partial charge on any atom is -0.492 e. The number of sulfonamides is 1. The number of nitrogens with one attached hydrogen (secondary N) is 1. The lowest BCUT2D eigenvalue weighted by atomic mass is 10.1. The van der Waals surface area contributed by atoms with Crippen molar-refractivity contribution in [3.8, 4) is 5.75 Å². The van der Waals surface area contributed by atoms with E-state index in [1.807, 2.05) is 52.0 Å². The van der Waals surface area contributed by atoms with Crippen LogP contribution in [0.4, 0.5) is 5.69 Å². The molecule has 0 aromatic heterocycles. The third-order valence-corrected chi connectivity index (χ3v) is 5.94. The molecule has 2 rings (SSSR count). The topological polar surface area (TPSA) is 75.7 Å². The third-order valence-electron chi connectivity index (χ3n) is 4.70. The number of carbonyl (C=O) groups excluding carboxylic acids is 1. The predicted octanol–water partition coefficient (Wildman–Crippen LogP) is 3.27. The maximum Gasteiger partial charge on any atom is 0.243 e. The Morgan fingerprint density at radius 2 is 1.66 bits per heavy atom. The van der Waals surface area contributed by atoms with Crippen molar-refractivity contribution in [2.75, 3.05) is 23.7 Å². The van der Waals surface area contributed by atoms with Crippen LogP contribution in [0.1, 0.15) is 29.2 Å². The predicted molar refractivity (Wildman–Crippen MR) is 117 cm³/mol. The first kappa shape index (κ1) is 22.7. The molecule has 0 saturated carbocycles. The largest absolute Gasteiger partial charge is 0.492 e. The van der Waals surface area contributed by atoms with Crippen LogP contribution in [-0.2, 0) is 14.8 Å². The molecule has 29 heavy (non-hydrogen) atoms. The summed E-state index contributed by atoms with van der Waals surface area (Å²) in [5.41, 5.74) is 4.68. The lowest BCUT2D eigenvalue weighted by Crippen LogP contribution is -2.48. The van der Waals surface area contributed by atoms with Gasteiger partial charge in [0, 0.05) is 0 Å². The molecule has 0 spiro atoms. The molecule has 6 nitrogen and oxygen atoms in total. The highest BCUT2D eigenvalue weighted by Gasteiger charge is 2.29. The smallest absolute Gasteiger partial charge is 0.243 e. The van der Waals surface area contributed by atoms with Crippen molar-refractivity contribution in [3.63, 3.8) is 0 Å². The van der Waals surface area contributed by atoms with E-state index >= 15 is 0 Å². The molecule has 1 amide bonds. The van der Waals surface area contributed by atoms with Crippen LogP contribution >= 0.6 is 0 Å². The fourth-order valence-electron chi connectivity index (χ4n) is 3.18. The van der Waals surface area contributed by atoms with Gasteiger partial charge in [-0.3, -0.25) is 9.10 Å². The van der Waals surface area contributed by atoms with E-state index < -0.39 is 16.1 Å². The first-order valence-corrected chi connectivity index (χ1v) is 11.4. The fraction of sp³-hybridized carbons (Fsp3) is 0.409. The van der Waals surface area contributed by atoms with Crippen molar-refractivity contribution < 1.29 is 17.9 Å². The van der Waals surface area contributed by atoms with Gasteiger partial charge < -0.3 is 10.1 Å². The second-order valence-corrected chi connectivity index (χ2v) is 9.33. The molecule has 158 valence electrons. The Kier molecular flexibility index (Phi) is 7.30. The highest BCUT2D eigenvalue weighted by molar-refractivity contribution is 7.92. The van der Waals surface area contributed by atoms with Crippen molar-refractivity contribution >= 4 is 21.6 Å². The van der Waals surface area contributed by atoms with Gasteiger partial charge in [-0.15, -0.1) is 0 Å². The van der Waals surface area contributed by atoms with Crippen molar-refractivity contribution in [2.24, 2.45) is 0 Å². The maximum atomic E-state index is 12.6. The molecule has 1 atom stereocenters. The van der Waals surface area contributed by atoms with Crippen molar-refractivity contribution in [1.29, 1.82) is 0 Å². The Balaban J connectivity index is 2.02. The number of carbonyl (C=O) groups is 1. The summed E-state index contributed by atoms with van der Waals surface area (Å²) in [6, 6.07) is 10.4. The quantitative estimate of drug-likeness (QED) is 0.668. The van der Waals surface area contributed by atoms with E-state index in [9.17, 15) is 13.2 Å². The summed E-state index contributed by atoms with van der Waals surface area (Å²) < 4.78 is 31.6. The number of hydrogen-bond acceptors (Lipinski definition) is 4. The second-order valence-electron chi connectivity index (χ2n) is 7.47. The number of hydrogen-bond donors (Lipinski definition) is 1. The molecule has 0 unspecified atom stereocenters. The zero-order valence-corrected chi connectivity index (χ0v) is 18.8. The monoisotopic (exact) mass is 418 g/mol. The number of aryl methyl sites for hydroxylation is 4. The average Bonchev–Trinajstić information content (AvgIpc) is 2.59. The van der Waals surface area contributed by atoms with Gasteiger partial charge in [-0.2, -0.15) is 0 Å². The Morgan fingerprint density at radius 1 is 1.03 bits per heavy atom. The minimum atomic E-state index is -3.64. The normalized spacial score (nSPS) is 12.3. The van der Waals surface area contributed by atoms with Gasteiger partial charge in [-0.25, -0.2) is 8.42 Å². The maximum absolute atomic E-state index is 12.6. The first-order chi connectivity index (χ1) is 13.5. The van der Waals surface area contributed by atoms with Crippen molar-refractivity contribution in [2.45, 2.75) is 40.7 Å². The molecule has 0 radical (unpaired) electrons. The molecule has 0 fully saturated rings. The molecular weight excluding hydrogens is 388 g/mol. The van der Waals surface area contributed by atoms with Crippen LogP contribution in [-0.4, -0.2) is 39.8 Å². The van der Waals surface area contributed by atoms with E-state index in [2.05, 4.69) is 5.32 Å². The van der Waals surface area contributed by atoms with Crippen LogP contribution in [0.3, 0.4) is 0 Å². The molecule has 2 aromatic rings. The van der Waals surface area contributed by atoms with Gasteiger partial charge in [0.1, 0.15) is 18.4 Å². The van der Waals surface area contributed by atoms with Gasteiger partial charge in [0.05, 0.1) is 18.5 Å². The van der Waals surface area contributed by atoms with Crippen LogP contribution in [0.5, 0.6) is 5.75 Å². The second kappa shape index (κ2) is 9.31. The van der Waals surface area contributed by atoms with Gasteiger partial charge >= 0.3 is 0 Å². The molecular formula is C22H30N2O4S. The highest BCUT2D eigenvalue weighted by atomic mass is 32.2. The van der Waals surface area contributed by atoms with Crippen LogP contribution in [0.2, 0.25) is 0 Å². The van der Waals surface area contributed by atoms with Gasteiger partial charge in [0.15, 0.2) is 0 Å². The summed E-state index contributed by atoms with van der Waals surface area (Å²) in [7, 11) is -3.64. The summed E-state index contributed by atoms with van der Waals surface area (Å²) in [4.78, 5) is 12.6. The molecule has 0 saturated heterocycles. The van der Waals surface area contributed by atoms with E-state index in [0.717, 1.165) is 33.0 Å². The minimum absolute atomic E-state index is 0.278. The van der Waals surface area contributed by atoms with E-state index in [1.165, 1.54) is 5.56 Å². The number of nitrogens with zero attached hydrogens (tertiary/aromatic N) is 1. The summed E-state index contributed by atoms with van der Waals surface area (Å²) in [5.74, 6) is 0.363. The standard InChI is InChI=1S/C22H30N2O4S/c1-15-11-16(2)13-20(12-15)24(29(6,26)27)19(5)22(25)23-9-10-28-21-8-7-17(3)18(4)14-21/h7-8,11-14,19H,9-10H2,1-6H3,(H,23,25)/t19-/m1/s1. The number of rotatable bonds is 8. The van der Waals surface area contributed by atoms with Gasteiger partial charge in [0.25, 0.3) is 0 Å². The lowest BCUT2D eigenvalue weighted by molar-refractivity contribution is -0.121. The van der Waals surface area contributed by atoms with Gasteiger partial charge in [0.2, 0.25) is 15.9 Å². The van der Waals surface area contributed by atoms with Gasteiger partial charge in [-0.1, -0.05) is 12.1 Å². The van der Waals surface area contributed by atoms with E-state index in [1.54, 1.807) is 19.1 Å². The summed E-state index contributed by atoms with van der Waals surface area (Å²) in [6.45, 7) is 9.99. The molecule has 0 aliphatic heterocycles. The molecule has 0 aliphatic carbocycles. The number of amides is 1. The van der Waals surface area contributed by atoms with Crippen LogP contribution in [0.25, 0.3) is 0 Å². The van der Waals surface area contributed by atoms with E-state index in [-0.39, 0.29) is 12.5 Å². The Bertz CT molecular complexity index is 966. The number of benzene rings is 2. The lowest BCUT2D eigenvalue weighted by Gasteiger charge is -2.28. The van der Waals surface area contributed by atoms with Crippen molar-refractivity contribution in [3.05, 3.63) is 58.7 Å². The van der Waals surface area contributed by atoms with Gasteiger partial charge in [-0.05, 0) is 81.1 Å². The molecule has 7 heteroatoms. The fourth-order valence-corrected chi connectivity index (χ4v) is 4.34. The summed E-state index contributed by atoms with van der Waals surface area (Å²) >= 11 is 0. The molecule has 2 aromatic carbocycles. The SMILES string of the molecule is Cc1cc(C)cc(N([C@H](C)C(=O)NCCOc2ccc(C)c(C)c2)S(C)(=O)=O)c1. The number of ether oxygens (including phenoxy) is 1. The zero-order chi connectivity index (χ0) is 21.8. The van der Waals surface area contributed by atoms with E-state index in [4.69, 9.17) is 4.74 Å². The Labute approximate surface area is 173 Å². The zero-order valence-electron chi connectivity index (χ0n) is 17.9. The third kappa shape index (κ3) is 6.22. The Morgan fingerprint density at radius 3 is 2.21 bits per heavy atom. The molecule has 0 bridgehead atoms. The van der Waals surface area contributed by atoms with Crippen molar-refractivity contribution in [1.82, 2.24) is 5.32 Å². The van der Waals surface area contributed by atoms with Crippen LogP contribution < -0.4 is 14.4 Å². The highest BCUT2D eigenvalue weighted by Crippen LogP contribution is 2.24. The first-order valence-electron chi connectivity index (χ1n) is 9.54. The molecule has 1 N–H and O–H groups in total. The van der Waals surface area contributed by atoms with Crippen LogP contribution in [0.15, 0.2) is 36.4 Å². The van der Waals surface area contributed by atoms with Crippen LogP contribution in [0, 0.1) is 27.7 Å². The van der Waals surface area contributed by atoms with E-state index in [0.29, 0.717) is 12.3 Å².